The third kappa shape index (κ3) is 6.48. The molecule has 0 bridgehead atoms. The number of carboxylic acids is 1. The number of alkyl halides is 3. The minimum Gasteiger partial charge on any atom is -0.507 e. The number of phenolic OH excluding ortho intramolecular Hbond substituents is 1. The highest BCUT2D eigenvalue weighted by molar-refractivity contribution is 5.96. The van der Waals surface area contributed by atoms with Gasteiger partial charge in [-0.3, -0.25) is 4.79 Å². The second kappa shape index (κ2) is 11.0. The Kier molecular flexibility index (Phi) is 8.12. The van der Waals surface area contributed by atoms with E-state index < -0.39 is 12.1 Å². The summed E-state index contributed by atoms with van der Waals surface area (Å²) in [5.74, 6) is -2.79. The number of hydrogen-bond acceptors (Lipinski definition) is 4. The van der Waals surface area contributed by atoms with E-state index >= 15 is 0 Å². The van der Waals surface area contributed by atoms with Crippen molar-refractivity contribution in [3.05, 3.63) is 77.9 Å². The Balaban J connectivity index is 0.000000406. The standard InChI is InChI=1S/C23H24N2O2.C2HF3O2/c26-22-11-4-3-10-21(22)23(27)25-14-12-19(13-15-25)24-16-18-8-5-7-17-6-1-2-9-20(17)18;3-2(4,5)1(6)7/h1-11,19,24,26H,12-16H2;(H,6,7). The summed E-state index contributed by atoms with van der Waals surface area (Å²) in [4.78, 5) is 23.3. The van der Waals surface area contributed by atoms with Crippen molar-refractivity contribution in [2.45, 2.75) is 31.6 Å². The van der Waals surface area contributed by atoms with E-state index in [-0.39, 0.29) is 11.7 Å². The highest BCUT2D eigenvalue weighted by Crippen LogP contribution is 2.22. The fourth-order valence-corrected chi connectivity index (χ4v) is 3.81. The summed E-state index contributed by atoms with van der Waals surface area (Å²) in [7, 11) is 0. The van der Waals surface area contributed by atoms with Gasteiger partial charge in [0.2, 0.25) is 0 Å². The zero-order valence-electron chi connectivity index (χ0n) is 18.3. The second-order valence-electron chi connectivity index (χ2n) is 7.91. The number of hydrogen-bond donors (Lipinski definition) is 3. The molecule has 0 unspecified atom stereocenters. The summed E-state index contributed by atoms with van der Waals surface area (Å²) in [6, 6.07) is 22.0. The van der Waals surface area contributed by atoms with Crippen molar-refractivity contribution in [3.63, 3.8) is 0 Å². The molecule has 0 saturated carbocycles. The van der Waals surface area contributed by atoms with Gasteiger partial charge in [0, 0.05) is 25.7 Å². The summed E-state index contributed by atoms with van der Waals surface area (Å²) in [6.07, 6.45) is -3.24. The van der Waals surface area contributed by atoms with Crippen molar-refractivity contribution >= 4 is 22.6 Å². The summed E-state index contributed by atoms with van der Waals surface area (Å²) in [6.45, 7) is 2.25. The Morgan fingerprint density at radius 1 is 0.941 bits per heavy atom. The molecule has 1 amide bonds. The number of fused-ring (bicyclic) bond motifs is 1. The molecule has 34 heavy (non-hydrogen) atoms. The molecule has 0 radical (unpaired) electrons. The second-order valence-corrected chi connectivity index (χ2v) is 7.91. The monoisotopic (exact) mass is 474 g/mol. The van der Waals surface area contributed by atoms with Crippen LogP contribution in [-0.4, -0.2) is 52.3 Å². The molecule has 1 aliphatic heterocycles. The molecule has 3 aromatic rings. The lowest BCUT2D eigenvalue weighted by atomic mass is 10.0. The fraction of sp³-hybridized carbons (Fsp3) is 0.280. The lowest BCUT2D eigenvalue weighted by molar-refractivity contribution is -0.192. The molecular weight excluding hydrogens is 449 g/mol. The van der Waals surface area contributed by atoms with Crippen LogP contribution in [0.4, 0.5) is 13.2 Å². The van der Waals surface area contributed by atoms with E-state index in [0.29, 0.717) is 24.7 Å². The maximum Gasteiger partial charge on any atom is 0.490 e. The summed E-state index contributed by atoms with van der Waals surface area (Å²) < 4.78 is 31.7. The van der Waals surface area contributed by atoms with Gasteiger partial charge in [0.15, 0.2) is 0 Å². The first-order valence-electron chi connectivity index (χ1n) is 10.7. The first kappa shape index (κ1) is 25.0. The molecular formula is C25H25F3N2O4. The fourth-order valence-electron chi connectivity index (χ4n) is 3.81. The van der Waals surface area contributed by atoms with Crippen LogP contribution in [0, 0.1) is 0 Å². The molecule has 0 atom stereocenters. The quantitative estimate of drug-likeness (QED) is 0.515. The van der Waals surface area contributed by atoms with Crippen molar-refractivity contribution in [3.8, 4) is 5.75 Å². The highest BCUT2D eigenvalue weighted by atomic mass is 19.4. The van der Waals surface area contributed by atoms with Crippen LogP contribution in [0.25, 0.3) is 10.8 Å². The van der Waals surface area contributed by atoms with E-state index in [1.54, 1.807) is 24.3 Å². The number of piperidine rings is 1. The number of benzene rings is 3. The average Bonchev–Trinajstić information content (AvgIpc) is 2.83. The van der Waals surface area contributed by atoms with Crippen LogP contribution in [0.3, 0.4) is 0 Å². The Hall–Kier alpha value is -3.59. The normalized spacial score (nSPS) is 14.4. The van der Waals surface area contributed by atoms with Crippen LogP contribution in [0.5, 0.6) is 5.75 Å². The number of carboxylic acid groups (broad SMARTS) is 1. The van der Waals surface area contributed by atoms with Gasteiger partial charge >= 0.3 is 12.1 Å². The maximum absolute atomic E-state index is 12.6. The molecule has 9 heteroatoms. The number of nitrogens with zero attached hydrogens (tertiary/aromatic N) is 1. The van der Waals surface area contributed by atoms with Crippen molar-refractivity contribution < 1.29 is 33.0 Å². The Labute approximate surface area is 194 Å². The number of nitrogens with one attached hydrogen (secondary N) is 1. The van der Waals surface area contributed by atoms with Crippen LogP contribution in [0.1, 0.15) is 28.8 Å². The predicted octanol–water partition coefficient (Wildman–Crippen LogP) is 4.57. The van der Waals surface area contributed by atoms with Crippen molar-refractivity contribution in [1.82, 2.24) is 10.2 Å². The highest BCUT2D eigenvalue weighted by Gasteiger charge is 2.38. The Morgan fingerprint density at radius 3 is 2.18 bits per heavy atom. The van der Waals surface area contributed by atoms with E-state index in [1.807, 2.05) is 4.90 Å². The molecule has 4 rings (SSSR count). The molecule has 0 aliphatic carbocycles. The van der Waals surface area contributed by atoms with E-state index in [1.165, 1.54) is 16.3 Å². The smallest absolute Gasteiger partial charge is 0.490 e. The third-order valence-electron chi connectivity index (χ3n) is 5.62. The Morgan fingerprint density at radius 2 is 1.53 bits per heavy atom. The SMILES string of the molecule is O=C(O)C(F)(F)F.O=C(c1ccccc1O)N1CCC(NCc2cccc3ccccc23)CC1. The van der Waals surface area contributed by atoms with Gasteiger partial charge in [0.05, 0.1) is 5.56 Å². The van der Waals surface area contributed by atoms with Gasteiger partial charge in [-0.05, 0) is 41.3 Å². The molecule has 6 nitrogen and oxygen atoms in total. The van der Waals surface area contributed by atoms with Crippen LogP contribution >= 0.6 is 0 Å². The topological polar surface area (TPSA) is 89.9 Å². The van der Waals surface area contributed by atoms with Crippen molar-refractivity contribution in [1.29, 1.82) is 0 Å². The lowest BCUT2D eigenvalue weighted by Gasteiger charge is -2.32. The summed E-state index contributed by atoms with van der Waals surface area (Å²) in [5, 5.41) is 23.2. The molecule has 0 spiro atoms. The number of aliphatic carboxylic acids is 1. The molecule has 1 saturated heterocycles. The summed E-state index contributed by atoms with van der Waals surface area (Å²) >= 11 is 0. The van der Waals surface area contributed by atoms with Gasteiger partial charge in [-0.2, -0.15) is 13.2 Å². The number of halogens is 3. The van der Waals surface area contributed by atoms with Crippen LogP contribution in [0.2, 0.25) is 0 Å². The number of amides is 1. The van der Waals surface area contributed by atoms with Gasteiger partial charge < -0.3 is 20.4 Å². The van der Waals surface area contributed by atoms with Gasteiger partial charge in [0.25, 0.3) is 5.91 Å². The number of aromatic hydroxyl groups is 1. The number of carbonyl (C=O) groups excluding carboxylic acids is 1. The van der Waals surface area contributed by atoms with Gasteiger partial charge in [-0.1, -0.05) is 54.6 Å². The zero-order chi connectivity index (χ0) is 24.7. The Bertz CT molecular complexity index is 1140. The van der Waals surface area contributed by atoms with Crippen LogP contribution < -0.4 is 5.32 Å². The maximum atomic E-state index is 12.6. The average molecular weight is 474 g/mol. The first-order chi connectivity index (χ1) is 16.2. The summed E-state index contributed by atoms with van der Waals surface area (Å²) in [5.41, 5.74) is 1.69. The van der Waals surface area contributed by atoms with Gasteiger partial charge in [-0.15, -0.1) is 0 Å². The molecule has 1 fully saturated rings. The molecule has 180 valence electrons. The first-order valence-corrected chi connectivity index (χ1v) is 10.7. The van der Waals surface area contributed by atoms with Crippen molar-refractivity contribution in [2.75, 3.05) is 13.1 Å². The molecule has 1 aliphatic rings. The van der Waals surface area contributed by atoms with Crippen LogP contribution in [-0.2, 0) is 11.3 Å². The van der Waals surface area contributed by atoms with E-state index in [2.05, 4.69) is 47.8 Å². The molecule has 3 N–H and O–H groups in total. The number of likely N-dealkylation sites (tertiary alicyclic amines) is 1. The predicted molar refractivity (Wildman–Crippen MR) is 122 cm³/mol. The van der Waals surface area contributed by atoms with E-state index in [9.17, 15) is 23.1 Å². The van der Waals surface area contributed by atoms with Crippen molar-refractivity contribution in [2.24, 2.45) is 0 Å². The minimum atomic E-state index is -5.08. The number of para-hydroxylation sites is 1. The van der Waals surface area contributed by atoms with Crippen LogP contribution in [0.15, 0.2) is 66.7 Å². The van der Waals surface area contributed by atoms with Gasteiger partial charge in [-0.25, -0.2) is 4.79 Å². The lowest BCUT2D eigenvalue weighted by Crippen LogP contribution is -2.44. The third-order valence-corrected chi connectivity index (χ3v) is 5.62. The van der Waals surface area contributed by atoms with Gasteiger partial charge in [0.1, 0.15) is 5.75 Å². The zero-order valence-corrected chi connectivity index (χ0v) is 18.3. The van der Waals surface area contributed by atoms with E-state index in [0.717, 1.165) is 19.4 Å². The molecule has 1 heterocycles. The molecule has 3 aromatic carbocycles. The minimum absolute atomic E-state index is 0.0544. The number of carbonyl (C=O) groups is 2. The number of phenols is 1. The largest absolute Gasteiger partial charge is 0.507 e. The molecule has 0 aromatic heterocycles. The number of rotatable bonds is 4. The van der Waals surface area contributed by atoms with E-state index in [4.69, 9.17) is 9.90 Å².